The van der Waals surface area contributed by atoms with E-state index >= 15 is 0 Å². The Balaban J connectivity index is 1.54. The maximum absolute atomic E-state index is 12.0. The molecular formula is C25H33NO4. The molecule has 1 saturated heterocycles. The van der Waals surface area contributed by atoms with Crippen LogP contribution in [-0.2, 0) is 14.3 Å². The summed E-state index contributed by atoms with van der Waals surface area (Å²) in [5, 5.41) is 0. The number of nitrogens with zero attached hydrogens (tertiary/aromatic N) is 1. The summed E-state index contributed by atoms with van der Waals surface area (Å²) in [5.41, 5.74) is 3.02. The number of hydrogen-bond donors (Lipinski definition) is 0. The van der Waals surface area contributed by atoms with Gasteiger partial charge in [0.25, 0.3) is 0 Å². The number of esters is 1. The zero-order valence-electron chi connectivity index (χ0n) is 18.7. The topological polar surface area (TPSA) is 48.0 Å². The van der Waals surface area contributed by atoms with Crippen LogP contribution in [0.3, 0.4) is 0 Å². The number of aryl methyl sites for hydroxylation is 2. The average molecular weight is 412 g/mol. The highest BCUT2D eigenvalue weighted by Gasteiger charge is 2.23. The Labute approximate surface area is 179 Å². The van der Waals surface area contributed by atoms with Crippen molar-refractivity contribution in [2.45, 2.75) is 52.7 Å². The smallest absolute Gasteiger partial charge is 0.307 e. The van der Waals surface area contributed by atoms with E-state index in [4.69, 9.17) is 14.2 Å². The van der Waals surface area contributed by atoms with E-state index in [1.165, 1.54) is 5.56 Å². The van der Waals surface area contributed by atoms with Crippen molar-refractivity contribution in [3.63, 3.8) is 0 Å². The molecule has 0 spiro atoms. The molecule has 30 heavy (non-hydrogen) atoms. The molecule has 1 aliphatic heterocycles. The van der Waals surface area contributed by atoms with Crippen molar-refractivity contribution in [2.75, 3.05) is 26.2 Å². The molecule has 1 aliphatic rings. The van der Waals surface area contributed by atoms with Crippen LogP contribution < -0.4 is 4.74 Å². The van der Waals surface area contributed by atoms with Crippen molar-refractivity contribution >= 4 is 5.97 Å². The van der Waals surface area contributed by atoms with Crippen molar-refractivity contribution in [2.24, 2.45) is 0 Å². The minimum absolute atomic E-state index is 0.00690. The standard InChI is InChI=1S/C25H33NO4/c1-18-6-11-22(19(2)16-18)29-21-9-7-20(8-10-21)23-17-26(14-15-28-23)13-12-24(27)30-25(3,4)5/h6-11,16,23H,12-15,17H2,1-5H3. The number of rotatable bonds is 6. The van der Waals surface area contributed by atoms with Crippen LogP contribution >= 0.6 is 0 Å². The van der Waals surface area contributed by atoms with Gasteiger partial charge in [0.15, 0.2) is 0 Å². The molecule has 0 N–H and O–H groups in total. The Morgan fingerprint density at radius 2 is 1.87 bits per heavy atom. The van der Waals surface area contributed by atoms with E-state index < -0.39 is 5.60 Å². The minimum atomic E-state index is -0.439. The largest absolute Gasteiger partial charge is 0.460 e. The van der Waals surface area contributed by atoms with E-state index in [1.54, 1.807) is 0 Å². The van der Waals surface area contributed by atoms with Gasteiger partial charge in [0.05, 0.1) is 19.1 Å². The van der Waals surface area contributed by atoms with Crippen LogP contribution in [0.4, 0.5) is 0 Å². The van der Waals surface area contributed by atoms with Crippen molar-refractivity contribution < 1.29 is 19.0 Å². The fourth-order valence-electron chi connectivity index (χ4n) is 3.54. The van der Waals surface area contributed by atoms with E-state index in [0.717, 1.165) is 35.7 Å². The molecule has 1 heterocycles. The first-order valence-corrected chi connectivity index (χ1v) is 10.6. The third-order valence-corrected chi connectivity index (χ3v) is 5.01. The van der Waals surface area contributed by atoms with Gasteiger partial charge < -0.3 is 14.2 Å². The Bertz CT molecular complexity index is 854. The Morgan fingerprint density at radius 3 is 2.53 bits per heavy atom. The fourth-order valence-corrected chi connectivity index (χ4v) is 3.54. The maximum atomic E-state index is 12.0. The van der Waals surface area contributed by atoms with E-state index in [9.17, 15) is 4.79 Å². The summed E-state index contributed by atoms with van der Waals surface area (Å²) in [6.45, 7) is 12.7. The molecule has 0 bridgehead atoms. The third kappa shape index (κ3) is 6.57. The second-order valence-corrected chi connectivity index (χ2v) is 8.94. The number of benzene rings is 2. The number of carbonyl (C=O) groups excluding carboxylic acids is 1. The fraction of sp³-hybridized carbons (Fsp3) is 0.480. The van der Waals surface area contributed by atoms with Crippen LogP contribution in [0.2, 0.25) is 0 Å². The number of carbonyl (C=O) groups is 1. The summed E-state index contributed by atoms with van der Waals surface area (Å²) >= 11 is 0. The summed E-state index contributed by atoms with van der Waals surface area (Å²) in [4.78, 5) is 14.3. The van der Waals surface area contributed by atoms with Crippen molar-refractivity contribution in [3.05, 3.63) is 59.2 Å². The molecule has 5 nitrogen and oxygen atoms in total. The molecule has 2 aromatic carbocycles. The highest BCUT2D eigenvalue weighted by Crippen LogP contribution is 2.28. The van der Waals surface area contributed by atoms with Gasteiger partial charge in [-0.3, -0.25) is 9.69 Å². The SMILES string of the molecule is Cc1ccc(Oc2ccc(C3CN(CCC(=O)OC(C)(C)C)CCO3)cc2)c(C)c1. The van der Waals surface area contributed by atoms with Gasteiger partial charge >= 0.3 is 5.97 Å². The van der Waals surface area contributed by atoms with Gasteiger partial charge in [-0.1, -0.05) is 29.8 Å². The predicted molar refractivity (Wildman–Crippen MR) is 118 cm³/mol. The zero-order chi connectivity index (χ0) is 21.7. The molecule has 5 heteroatoms. The van der Waals surface area contributed by atoms with Gasteiger partial charge in [-0.2, -0.15) is 0 Å². The van der Waals surface area contributed by atoms with Crippen LogP contribution in [0.5, 0.6) is 11.5 Å². The van der Waals surface area contributed by atoms with Crippen LogP contribution in [0.15, 0.2) is 42.5 Å². The van der Waals surface area contributed by atoms with E-state index in [0.29, 0.717) is 19.6 Å². The monoisotopic (exact) mass is 411 g/mol. The van der Waals surface area contributed by atoms with Crippen LogP contribution in [0.25, 0.3) is 0 Å². The van der Waals surface area contributed by atoms with E-state index in [2.05, 4.69) is 43.0 Å². The van der Waals surface area contributed by atoms with Crippen LogP contribution in [-0.4, -0.2) is 42.7 Å². The summed E-state index contributed by atoms with van der Waals surface area (Å²) < 4.78 is 17.4. The third-order valence-electron chi connectivity index (χ3n) is 5.01. The second kappa shape index (κ2) is 9.63. The normalized spacial score (nSPS) is 17.6. The van der Waals surface area contributed by atoms with Crippen molar-refractivity contribution in [3.8, 4) is 11.5 Å². The minimum Gasteiger partial charge on any atom is -0.460 e. The number of hydrogen-bond acceptors (Lipinski definition) is 5. The molecule has 2 aromatic rings. The molecule has 0 aromatic heterocycles. The summed E-state index contributed by atoms with van der Waals surface area (Å²) in [6.07, 6.45) is 0.389. The molecule has 0 saturated carbocycles. The molecule has 1 unspecified atom stereocenters. The first-order valence-electron chi connectivity index (χ1n) is 10.6. The predicted octanol–water partition coefficient (Wildman–Crippen LogP) is 5.20. The lowest BCUT2D eigenvalue weighted by atomic mass is 10.1. The maximum Gasteiger partial charge on any atom is 0.307 e. The Hall–Kier alpha value is -2.37. The molecule has 162 valence electrons. The Kier molecular flexibility index (Phi) is 7.16. The summed E-state index contributed by atoms with van der Waals surface area (Å²) in [7, 11) is 0. The highest BCUT2D eigenvalue weighted by molar-refractivity contribution is 5.70. The number of ether oxygens (including phenoxy) is 3. The van der Waals surface area contributed by atoms with Crippen LogP contribution in [0, 0.1) is 13.8 Å². The highest BCUT2D eigenvalue weighted by atomic mass is 16.6. The molecular weight excluding hydrogens is 378 g/mol. The van der Waals surface area contributed by atoms with Gasteiger partial charge in [0, 0.05) is 19.6 Å². The first kappa shape index (κ1) is 22.3. The Morgan fingerprint density at radius 1 is 1.13 bits per heavy atom. The molecule has 1 fully saturated rings. The molecule has 0 amide bonds. The second-order valence-electron chi connectivity index (χ2n) is 8.94. The van der Waals surface area contributed by atoms with Crippen LogP contribution in [0.1, 0.15) is 50.0 Å². The van der Waals surface area contributed by atoms with Crippen molar-refractivity contribution in [1.29, 1.82) is 0 Å². The van der Waals surface area contributed by atoms with Gasteiger partial charge in [-0.25, -0.2) is 0 Å². The number of morpholine rings is 1. The van der Waals surface area contributed by atoms with E-state index in [-0.39, 0.29) is 12.1 Å². The lowest BCUT2D eigenvalue weighted by molar-refractivity contribution is -0.155. The summed E-state index contributed by atoms with van der Waals surface area (Å²) in [6, 6.07) is 14.3. The first-order chi connectivity index (χ1) is 14.2. The van der Waals surface area contributed by atoms with E-state index in [1.807, 2.05) is 39.0 Å². The van der Waals surface area contributed by atoms with Gasteiger partial charge in [0.1, 0.15) is 17.1 Å². The lowest BCUT2D eigenvalue weighted by Crippen LogP contribution is -2.39. The zero-order valence-corrected chi connectivity index (χ0v) is 18.7. The molecule has 1 atom stereocenters. The molecule has 3 rings (SSSR count). The average Bonchev–Trinajstić information content (AvgIpc) is 2.68. The van der Waals surface area contributed by atoms with Gasteiger partial charge in [-0.05, 0) is 63.9 Å². The summed E-state index contributed by atoms with van der Waals surface area (Å²) in [5.74, 6) is 1.53. The van der Waals surface area contributed by atoms with Crippen molar-refractivity contribution in [1.82, 2.24) is 4.90 Å². The molecule has 0 aliphatic carbocycles. The quantitative estimate of drug-likeness (QED) is 0.612. The van der Waals surface area contributed by atoms with Gasteiger partial charge in [0.2, 0.25) is 0 Å². The lowest BCUT2D eigenvalue weighted by Gasteiger charge is -2.33. The van der Waals surface area contributed by atoms with Gasteiger partial charge in [-0.15, -0.1) is 0 Å². The molecule has 0 radical (unpaired) electrons.